The van der Waals surface area contributed by atoms with E-state index < -0.39 is 15.8 Å². The highest BCUT2D eigenvalue weighted by Gasteiger charge is 2.22. The van der Waals surface area contributed by atoms with Gasteiger partial charge < -0.3 is 4.74 Å². The minimum absolute atomic E-state index is 0.00856. The monoisotopic (exact) mass is 309 g/mol. The molecule has 1 N–H and O–H groups in total. The first kappa shape index (κ1) is 15.3. The van der Waals surface area contributed by atoms with Crippen molar-refractivity contribution in [3.05, 3.63) is 53.3 Å². The fourth-order valence-corrected chi connectivity index (χ4v) is 3.51. The van der Waals surface area contributed by atoms with Gasteiger partial charge in [-0.2, -0.15) is 0 Å². The van der Waals surface area contributed by atoms with Gasteiger partial charge >= 0.3 is 0 Å². The van der Waals surface area contributed by atoms with Crippen LogP contribution in [0.15, 0.2) is 41.3 Å². The van der Waals surface area contributed by atoms with Gasteiger partial charge in [0.1, 0.15) is 16.5 Å². The molecule has 2 rings (SSSR count). The lowest BCUT2D eigenvalue weighted by molar-refractivity contribution is 0.399. The molecule has 2 aromatic rings. The molecule has 21 heavy (non-hydrogen) atoms. The summed E-state index contributed by atoms with van der Waals surface area (Å²) in [6.07, 6.45) is 0. The van der Waals surface area contributed by atoms with Gasteiger partial charge in [-0.05, 0) is 43.2 Å². The van der Waals surface area contributed by atoms with Crippen LogP contribution in [0, 0.1) is 19.7 Å². The van der Waals surface area contributed by atoms with Crippen LogP contribution >= 0.6 is 0 Å². The topological polar surface area (TPSA) is 55.4 Å². The molecule has 0 unspecified atom stereocenters. The Hall–Kier alpha value is -2.08. The molecule has 0 bridgehead atoms. The number of benzene rings is 2. The molecule has 0 radical (unpaired) electrons. The second-order valence-corrected chi connectivity index (χ2v) is 6.35. The highest BCUT2D eigenvalue weighted by molar-refractivity contribution is 7.92. The highest BCUT2D eigenvalue weighted by atomic mass is 32.2. The van der Waals surface area contributed by atoms with Crippen molar-refractivity contribution in [1.29, 1.82) is 0 Å². The second kappa shape index (κ2) is 5.73. The van der Waals surface area contributed by atoms with Crippen LogP contribution in [0.2, 0.25) is 0 Å². The summed E-state index contributed by atoms with van der Waals surface area (Å²) in [5.74, 6) is -0.381. The molecule has 0 atom stereocenters. The summed E-state index contributed by atoms with van der Waals surface area (Å²) in [6.45, 7) is 3.54. The van der Waals surface area contributed by atoms with Gasteiger partial charge in [0.15, 0.2) is 0 Å². The van der Waals surface area contributed by atoms with E-state index in [1.807, 2.05) is 6.07 Å². The van der Waals surface area contributed by atoms with Gasteiger partial charge in [0.05, 0.1) is 12.8 Å². The quantitative estimate of drug-likeness (QED) is 0.943. The zero-order chi connectivity index (χ0) is 15.6. The number of halogens is 1. The molecular weight excluding hydrogens is 293 g/mol. The number of para-hydroxylation sites is 1. The average Bonchev–Trinajstić information content (AvgIpc) is 2.40. The number of rotatable bonds is 4. The first-order valence-electron chi connectivity index (χ1n) is 6.27. The Morgan fingerprint density at radius 3 is 2.43 bits per heavy atom. The molecule has 0 aliphatic rings. The largest absolute Gasteiger partial charge is 0.495 e. The van der Waals surface area contributed by atoms with Crippen LogP contribution in [0.5, 0.6) is 5.75 Å². The van der Waals surface area contributed by atoms with Gasteiger partial charge in [-0.3, -0.25) is 4.72 Å². The van der Waals surface area contributed by atoms with Crippen molar-refractivity contribution >= 4 is 15.7 Å². The van der Waals surface area contributed by atoms with E-state index >= 15 is 0 Å². The number of ether oxygens (including phenoxy) is 1. The van der Waals surface area contributed by atoms with E-state index in [2.05, 4.69) is 4.72 Å². The first-order valence-corrected chi connectivity index (χ1v) is 7.76. The molecule has 0 saturated heterocycles. The Labute approximate surface area is 123 Å². The lowest BCUT2D eigenvalue weighted by Crippen LogP contribution is -2.15. The summed E-state index contributed by atoms with van der Waals surface area (Å²) < 4.78 is 46.0. The van der Waals surface area contributed by atoms with Crippen LogP contribution in [0.4, 0.5) is 10.1 Å². The van der Waals surface area contributed by atoms with Crippen molar-refractivity contribution in [1.82, 2.24) is 0 Å². The van der Waals surface area contributed by atoms with Crippen molar-refractivity contribution in [2.24, 2.45) is 0 Å². The zero-order valence-corrected chi connectivity index (χ0v) is 12.8. The van der Waals surface area contributed by atoms with Crippen LogP contribution in [-0.2, 0) is 10.0 Å². The summed E-state index contributed by atoms with van der Waals surface area (Å²) in [5.41, 5.74) is 1.38. The third-order valence-electron chi connectivity index (χ3n) is 3.00. The maximum Gasteiger partial charge on any atom is 0.265 e. The van der Waals surface area contributed by atoms with Crippen LogP contribution in [0.25, 0.3) is 0 Å². The van der Waals surface area contributed by atoms with E-state index in [-0.39, 0.29) is 16.3 Å². The predicted molar refractivity (Wildman–Crippen MR) is 79.7 cm³/mol. The molecule has 0 aliphatic heterocycles. The fraction of sp³-hybridized carbons (Fsp3) is 0.200. The Kier molecular flexibility index (Phi) is 4.18. The van der Waals surface area contributed by atoms with Gasteiger partial charge in [0, 0.05) is 0 Å². The molecule has 112 valence electrons. The van der Waals surface area contributed by atoms with Crippen molar-refractivity contribution in [3.63, 3.8) is 0 Å². The Morgan fingerprint density at radius 1 is 1.14 bits per heavy atom. The van der Waals surface area contributed by atoms with Gasteiger partial charge in [0.25, 0.3) is 10.0 Å². The van der Waals surface area contributed by atoms with E-state index in [1.165, 1.54) is 31.4 Å². The van der Waals surface area contributed by atoms with E-state index in [0.29, 0.717) is 5.56 Å². The third kappa shape index (κ3) is 3.16. The molecule has 0 fully saturated rings. The zero-order valence-electron chi connectivity index (χ0n) is 12.0. The molecule has 6 heteroatoms. The summed E-state index contributed by atoms with van der Waals surface area (Å²) in [4.78, 5) is -0.00856. The van der Waals surface area contributed by atoms with E-state index in [1.54, 1.807) is 19.9 Å². The minimum Gasteiger partial charge on any atom is -0.495 e. The van der Waals surface area contributed by atoms with E-state index in [9.17, 15) is 12.8 Å². The summed E-state index contributed by atoms with van der Waals surface area (Å²) >= 11 is 0. The maximum atomic E-state index is 13.6. The third-order valence-corrected chi connectivity index (χ3v) is 4.37. The van der Waals surface area contributed by atoms with Gasteiger partial charge in [0.2, 0.25) is 0 Å². The highest BCUT2D eigenvalue weighted by Crippen LogP contribution is 2.30. The van der Waals surface area contributed by atoms with Gasteiger partial charge in [-0.25, -0.2) is 12.8 Å². The average molecular weight is 309 g/mol. The van der Waals surface area contributed by atoms with E-state index in [0.717, 1.165) is 5.56 Å². The van der Waals surface area contributed by atoms with Crippen molar-refractivity contribution in [3.8, 4) is 5.75 Å². The molecule has 0 aromatic heterocycles. The maximum absolute atomic E-state index is 13.6. The van der Waals surface area contributed by atoms with Crippen LogP contribution in [0.3, 0.4) is 0 Å². The molecule has 4 nitrogen and oxygen atoms in total. The van der Waals surface area contributed by atoms with Gasteiger partial charge in [-0.15, -0.1) is 0 Å². The van der Waals surface area contributed by atoms with Crippen LogP contribution in [0.1, 0.15) is 11.1 Å². The number of hydrogen-bond acceptors (Lipinski definition) is 3. The van der Waals surface area contributed by atoms with Crippen LogP contribution in [-0.4, -0.2) is 15.5 Å². The van der Waals surface area contributed by atoms with E-state index in [4.69, 9.17) is 4.74 Å². The standard InChI is InChI=1S/C15H16FNO3S/c1-10-8-11(2)15(20-3)14(9-10)21(18,19)17-13-7-5-4-6-12(13)16/h4-9,17H,1-3H3. The molecular formula is C15H16FNO3S. The lowest BCUT2D eigenvalue weighted by Gasteiger charge is -2.14. The number of methoxy groups -OCH3 is 1. The molecule has 2 aromatic carbocycles. The molecule has 0 aliphatic carbocycles. The summed E-state index contributed by atoms with van der Waals surface area (Å²) in [5, 5.41) is 0. The predicted octanol–water partition coefficient (Wildman–Crippen LogP) is 3.25. The molecule has 0 heterocycles. The number of anilines is 1. The second-order valence-electron chi connectivity index (χ2n) is 4.70. The molecule has 0 amide bonds. The smallest absolute Gasteiger partial charge is 0.265 e. The Morgan fingerprint density at radius 2 is 1.81 bits per heavy atom. The van der Waals surface area contributed by atoms with Gasteiger partial charge in [-0.1, -0.05) is 18.2 Å². The SMILES string of the molecule is COc1c(C)cc(C)cc1S(=O)(=O)Nc1ccccc1F. The van der Waals surface area contributed by atoms with Crippen molar-refractivity contribution in [2.75, 3.05) is 11.8 Å². The summed E-state index contributed by atoms with van der Waals surface area (Å²) in [6, 6.07) is 8.92. The fourth-order valence-electron chi connectivity index (χ4n) is 2.12. The molecule has 0 spiro atoms. The van der Waals surface area contributed by atoms with Crippen molar-refractivity contribution < 1.29 is 17.5 Å². The minimum atomic E-state index is -3.94. The first-order chi connectivity index (χ1) is 9.85. The lowest BCUT2D eigenvalue weighted by atomic mass is 10.1. The van der Waals surface area contributed by atoms with Crippen LogP contribution < -0.4 is 9.46 Å². The Balaban J connectivity index is 2.52. The number of sulfonamides is 1. The summed E-state index contributed by atoms with van der Waals surface area (Å²) in [7, 11) is -2.54. The molecule has 0 saturated carbocycles. The number of aryl methyl sites for hydroxylation is 2. The Bertz CT molecular complexity index is 772. The number of hydrogen-bond donors (Lipinski definition) is 1. The van der Waals surface area contributed by atoms with Crippen molar-refractivity contribution in [2.45, 2.75) is 18.7 Å². The number of nitrogens with one attached hydrogen (secondary N) is 1. The normalized spacial score (nSPS) is 11.2.